The van der Waals surface area contributed by atoms with Gasteiger partial charge in [-0.3, -0.25) is 95.3 Å². The fraction of sp³-hybridized carbons (Fsp3) is 0.151. The van der Waals surface area contributed by atoms with Gasteiger partial charge in [-0.25, -0.2) is 0 Å². The van der Waals surface area contributed by atoms with Crippen molar-refractivity contribution in [1.29, 1.82) is 5.26 Å². The van der Waals surface area contributed by atoms with E-state index in [4.69, 9.17) is 11.8 Å². The molecule has 0 bridgehead atoms. The van der Waals surface area contributed by atoms with Gasteiger partial charge >= 0.3 is 96.6 Å². The Kier molecular flexibility index (Phi) is 37.3. The molecule has 8 heterocycles. The van der Waals surface area contributed by atoms with Gasteiger partial charge < -0.3 is 39.9 Å². The second kappa shape index (κ2) is 47.0. The van der Waals surface area contributed by atoms with Crippen LogP contribution in [0.4, 0.5) is 114 Å². The average molecular weight is 2770 g/mol. The van der Waals surface area contributed by atoms with E-state index in [0.29, 0.717) is 69.8 Å². The molecule has 0 N–H and O–H groups in total. The third kappa shape index (κ3) is 24.2. The molecule has 16 aromatic rings. The summed E-state index contributed by atoms with van der Waals surface area (Å²) in [6.45, 7) is 23.6. The van der Waals surface area contributed by atoms with E-state index in [9.17, 15) is 117 Å². The Hall–Kier alpha value is -14.0. The Labute approximate surface area is 886 Å². The van der Waals surface area contributed by atoms with Crippen LogP contribution in [0.25, 0.3) is 94.9 Å². The van der Waals surface area contributed by atoms with Gasteiger partial charge in [-0.15, -0.1) is 103 Å². The van der Waals surface area contributed by atoms with E-state index in [-0.39, 0.29) is 163 Å². The standard InChI is InChI=1S/C27H14F10N2.C27H14F4N4.C27H20F4N2.C25H14F4N4O4.4Pt/c1-25(2,19-7-3-5-17(38-19)13-9-11-15(28)21(23(13)30)26(32,33)34)20-8-4-6-18(39-20)14-10-12-16(29)22(24(14)31)27(35,36)37;1-27(2,22-8-4-6-20(34-22)15-10-12-18(28)17(14-32)24(15)30)23-9-5-7-21(35-23)16-11-13-19(29)26(33-3)25(16)31;1-15-19(28)13-11-17(25(15)30)21-7-5-9-23(32-21)27(3,4)24-10-6-8-22(33-24)18-12-14-20(29)16(2)26(18)31;1-25(2,19-7-3-5-17(30-19)13-9-11-15(26)23(21(13)28)32(34)35)20-8-4-6-18(31-20)14-10-12-16(27)24(22(14)29)33(36)37;;;;/h3-8,11-12H,1-2H3;4-9,12-13H,1-2H3;5-10,13-14H,1-4H3;3-8,11-12H,1-2H3;;;;/q4*-2;4*+2. The van der Waals surface area contributed by atoms with Crippen LogP contribution < -0.4 is 0 Å². The predicted octanol–water partition coefficient (Wildman–Crippen LogP) is 28.1. The zero-order valence-corrected chi connectivity index (χ0v) is 86.1. The third-order valence-corrected chi connectivity index (χ3v) is 22.9. The second-order valence-corrected chi connectivity index (χ2v) is 33.5. The molecule has 8 aromatic heterocycles. The van der Waals surface area contributed by atoms with Crippen molar-refractivity contribution in [2.45, 2.75) is 103 Å². The van der Waals surface area contributed by atoms with E-state index in [1.165, 1.54) is 92.7 Å². The number of nitro benzene ring substituents is 2. The molecule has 0 fully saturated rings. The summed E-state index contributed by atoms with van der Waals surface area (Å²) in [7, 11) is 0. The Morgan fingerprint density at radius 1 is 0.291 bits per heavy atom. The van der Waals surface area contributed by atoms with Crippen molar-refractivity contribution >= 4 is 17.1 Å². The van der Waals surface area contributed by atoms with Crippen molar-refractivity contribution in [2.75, 3.05) is 0 Å². The number of pyridine rings is 8. The molecule has 148 heavy (non-hydrogen) atoms. The Morgan fingerprint density at radius 2 is 0.486 bits per heavy atom. The van der Waals surface area contributed by atoms with Crippen molar-refractivity contribution in [1.82, 2.24) is 39.9 Å². The van der Waals surface area contributed by atoms with Crippen LogP contribution in [0, 0.1) is 194 Å². The third-order valence-electron chi connectivity index (χ3n) is 22.9. The summed E-state index contributed by atoms with van der Waals surface area (Å²) in [5, 5.41) is 31.2. The number of halogens is 22. The quantitative estimate of drug-likeness (QED) is 0.0338. The minimum absolute atomic E-state index is 0. The van der Waals surface area contributed by atoms with Crippen LogP contribution in [-0.2, 0) is 118 Å². The van der Waals surface area contributed by atoms with E-state index in [2.05, 4.69) is 93.2 Å². The molecule has 0 saturated carbocycles. The fourth-order valence-corrected chi connectivity index (χ4v) is 14.6. The van der Waals surface area contributed by atoms with Crippen LogP contribution in [0.2, 0.25) is 0 Å². The molecule has 0 unspecified atom stereocenters. The molecular weight excluding hydrogens is 2700 g/mol. The number of rotatable bonds is 18. The molecule has 0 aliphatic heterocycles. The van der Waals surface area contributed by atoms with Crippen LogP contribution in [0.15, 0.2) is 194 Å². The van der Waals surface area contributed by atoms with Gasteiger partial charge in [0.05, 0.1) is 47.5 Å². The Bertz CT molecular complexity index is 7460. The Balaban J connectivity index is 0.000000218. The molecule has 16 nitrogen and oxygen atoms in total. The molecular formula is C106H62F22N12O4Pt4. The number of alkyl halides is 6. The van der Waals surface area contributed by atoms with E-state index in [0.717, 1.165) is 24.3 Å². The monoisotopic (exact) mass is 2760 g/mol. The summed E-state index contributed by atoms with van der Waals surface area (Å²) in [5.41, 5.74) is -11.8. The molecule has 764 valence electrons. The number of nitro groups is 2. The summed E-state index contributed by atoms with van der Waals surface area (Å²) in [5.74, 6) is -20.1. The van der Waals surface area contributed by atoms with Gasteiger partial charge in [0.2, 0.25) is 0 Å². The van der Waals surface area contributed by atoms with E-state index >= 15 is 0 Å². The summed E-state index contributed by atoms with van der Waals surface area (Å²) in [6.07, 6.45) is -10.6. The van der Waals surface area contributed by atoms with Crippen molar-refractivity contribution < 1.29 is 191 Å². The first-order valence-corrected chi connectivity index (χ1v) is 41.9. The predicted molar refractivity (Wildman–Crippen MR) is 480 cm³/mol. The Morgan fingerprint density at radius 3 is 0.709 bits per heavy atom. The molecule has 8 aromatic carbocycles. The molecule has 42 heteroatoms. The van der Waals surface area contributed by atoms with Crippen molar-refractivity contribution in [3.63, 3.8) is 0 Å². The fourth-order valence-electron chi connectivity index (χ4n) is 14.6. The molecule has 0 atom stereocenters. The number of hydrogen-bond donors (Lipinski definition) is 0. The molecule has 0 aliphatic rings. The molecule has 0 radical (unpaired) electrons. The van der Waals surface area contributed by atoms with Gasteiger partial charge in [-0.2, -0.15) is 31.6 Å². The van der Waals surface area contributed by atoms with Crippen LogP contribution in [0.3, 0.4) is 0 Å². The maximum atomic E-state index is 14.7. The molecule has 0 aliphatic carbocycles. The zero-order chi connectivity index (χ0) is 105. The normalized spacial score (nSPS) is 11.4. The van der Waals surface area contributed by atoms with Crippen molar-refractivity contribution in [2.24, 2.45) is 0 Å². The van der Waals surface area contributed by atoms with Gasteiger partial charge in [-0.05, 0) is 149 Å². The summed E-state index contributed by atoms with van der Waals surface area (Å²) >= 11 is 0. The van der Waals surface area contributed by atoms with Crippen molar-refractivity contribution in [3.8, 4) is 96.1 Å². The zero-order valence-electron chi connectivity index (χ0n) is 77.1. The first-order valence-electron chi connectivity index (χ1n) is 41.9. The van der Waals surface area contributed by atoms with E-state index in [1.54, 1.807) is 114 Å². The second-order valence-electron chi connectivity index (χ2n) is 33.5. The van der Waals surface area contributed by atoms with Gasteiger partial charge in [0, 0.05) is 129 Å². The number of benzene rings is 8. The van der Waals surface area contributed by atoms with Gasteiger partial charge in [0.15, 0.2) is 5.69 Å². The molecule has 0 spiro atoms. The minimum atomic E-state index is -5.32. The topological polar surface area (TPSA) is 218 Å². The maximum absolute atomic E-state index is 14.7. The number of hydrogen-bond acceptors (Lipinski definition) is 13. The van der Waals surface area contributed by atoms with Gasteiger partial charge in [0.1, 0.15) is 23.3 Å². The van der Waals surface area contributed by atoms with Crippen molar-refractivity contribution in [3.05, 3.63) is 441 Å². The van der Waals surface area contributed by atoms with Crippen LogP contribution in [0.5, 0.6) is 0 Å². The van der Waals surface area contributed by atoms with Crippen LogP contribution >= 0.6 is 0 Å². The first-order chi connectivity index (χ1) is 67.7. The SMILES string of the molecule is CC(C)(c1cccc(-c2[c-]cc(F)c(C(F)(F)F)c2F)n1)c1cccc(-c2[c-]cc(F)c(C(F)(F)F)c2F)n1.CC(C)(c1cccc(-c2[c-]cc(F)c([N+](=O)[O-])c2F)n1)c1cccc(-c2[c-]cc(F)c([N+](=O)[O-])c2F)n1.Cc1c(F)c[c-]c(-c2cccc(C(C)(C)c3cccc(-c4[c-]cc(F)c(C)c4F)n3)n2)c1F.[C-]#[N+]c1c(F)c[c-]c(-c2cccc(C(C)(C)c3cccc(-c4[c-]cc(F)c(C#N)c4F)n3)n2)c1F.[Pt+2].[Pt+2].[Pt+2].[Pt+2]. The van der Waals surface area contributed by atoms with E-state index in [1.807, 2.05) is 13.8 Å². The number of nitriles is 1. The summed E-state index contributed by atoms with van der Waals surface area (Å²) < 4.78 is 306. The summed E-state index contributed by atoms with van der Waals surface area (Å²) in [6, 6.07) is 63.2. The molecule has 0 amide bonds. The van der Waals surface area contributed by atoms with E-state index < -0.39 is 193 Å². The first kappa shape index (κ1) is 118. The number of aromatic nitrogens is 8. The maximum Gasteiger partial charge on any atom is 2.00 e. The molecule has 16 rings (SSSR count). The molecule has 0 saturated heterocycles. The van der Waals surface area contributed by atoms with Crippen LogP contribution in [-0.4, -0.2) is 49.7 Å². The number of nitrogens with zero attached hydrogens (tertiary/aromatic N) is 12. The van der Waals surface area contributed by atoms with Crippen LogP contribution in [0.1, 0.15) is 129 Å². The summed E-state index contributed by atoms with van der Waals surface area (Å²) in [4.78, 5) is 58.1. The van der Waals surface area contributed by atoms with Gasteiger partial charge in [-0.1, -0.05) is 161 Å². The minimum Gasteiger partial charge on any atom is -0.300 e. The average Bonchev–Trinajstić information content (AvgIpc) is 0.767. The smallest absolute Gasteiger partial charge is 0.300 e. The largest absolute Gasteiger partial charge is 2.00 e. The van der Waals surface area contributed by atoms with Gasteiger partial charge in [0.25, 0.3) is 11.4 Å².